The molecule has 0 aliphatic heterocycles. The molecular formula is C11H2N8O. The maximum Gasteiger partial charge on any atom is 0.289 e. The number of aromatic nitrogens is 1. The van der Waals surface area contributed by atoms with Crippen LogP contribution in [0.3, 0.4) is 0 Å². The lowest BCUT2D eigenvalue weighted by atomic mass is 10.1. The van der Waals surface area contributed by atoms with Crippen molar-refractivity contribution in [3.05, 3.63) is 29.1 Å². The van der Waals surface area contributed by atoms with E-state index in [1.807, 2.05) is 0 Å². The van der Waals surface area contributed by atoms with Gasteiger partial charge in [0.05, 0.1) is 5.56 Å². The van der Waals surface area contributed by atoms with Gasteiger partial charge in [0, 0.05) is 6.20 Å². The minimum atomic E-state index is -1.09. The Balaban J connectivity index is 3.42. The third kappa shape index (κ3) is 2.26. The van der Waals surface area contributed by atoms with Gasteiger partial charge in [-0.15, -0.1) is 10.0 Å². The summed E-state index contributed by atoms with van der Waals surface area (Å²) in [6, 6.07) is 4.36. The Bertz CT molecular complexity index is 750. The second kappa shape index (κ2) is 5.98. The van der Waals surface area contributed by atoms with Crippen molar-refractivity contribution in [2.45, 2.75) is 0 Å². The van der Waals surface area contributed by atoms with Gasteiger partial charge in [-0.05, 0) is 6.07 Å². The maximum atomic E-state index is 12.1. The van der Waals surface area contributed by atoms with Gasteiger partial charge in [-0.1, -0.05) is 0 Å². The van der Waals surface area contributed by atoms with E-state index in [0.717, 1.165) is 12.3 Å². The normalized spacial score (nSPS) is 7.95. The van der Waals surface area contributed by atoms with Crippen LogP contribution in [0.2, 0.25) is 0 Å². The van der Waals surface area contributed by atoms with E-state index in [0.29, 0.717) is 0 Å². The number of nitriles is 5. The number of amides is 1. The van der Waals surface area contributed by atoms with Crippen LogP contribution in [0.1, 0.15) is 21.6 Å². The summed E-state index contributed by atoms with van der Waals surface area (Å²) in [5, 5.41) is 44.1. The molecule has 0 aliphatic rings. The zero-order valence-corrected chi connectivity index (χ0v) is 9.64. The van der Waals surface area contributed by atoms with Crippen LogP contribution in [0.15, 0.2) is 12.3 Å². The van der Waals surface area contributed by atoms with Gasteiger partial charge in [0.2, 0.25) is 18.6 Å². The van der Waals surface area contributed by atoms with E-state index < -0.39 is 5.91 Å². The van der Waals surface area contributed by atoms with E-state index in [4.69, 9.17) is 26.3 Å². The SMILES string of the molecule is N#Cc1nccc(C(=O)N(C#N)N(C#N)C#N)c1C#N. The summed E-state index contributed by atoms with van der Waals surface area (Å²) in [5.41, 5.74) is -0.941. The fourth-order valence-corrected chi connectivity index (χ4v) is 1.24. The fraction of sp³-hybridized carbons (Fsp3) is 0. The first-order chi connectivity index (χ1) is 9.64. The Morgan fingerprint density at radius 2 is 1.70 bits per heavy atom. The first-order valence-corrected chi connectivity index (χ1v) is 4.77. The minimum Gasteiger partial charge on any atom is -0.266 e. The number of carbonyl (C=O) groups is 1. The summed E-state index contributed by atoms with van der Waals surface area (Å²) >= 11 is 0. The van der Waals surface area contributed by atoms with Crippen LogP contribution in [-0.2, 0) is 0 Å². The zero-order valence-electron chi connectivity index (χ0n) is 9.64. The van der Waals surface area contributed by atoms with E-state index in [9.17, 15) is 4.79 Å². The van der Waals surface area contributed by atoms with E-state index in [1.165, 1.54) is 18.6 Å². The average Bonchev–Trinajstić information content (AvgIpc) is 2.50. The minimum absolute atomic E-state index is 0.135. The van der Waals surface area contributed by atoms with E-state index >= 15 is 0 Å². The first-order valence-electron chi connectivity index (χ1n) is 4.77. The van der Waals surface area contributed by atoms with Gasteiger partial charge in [0.15, 0.2) is 5.69 Å². The molecule has 9 heteroatoms. The number of nitrogens with zero attached hydrogens (tertiary/aromatic N) is 8. The molecule has 92 valence electrons. The highest BCUT2D eigenvalue weighted by atomic mass is 16.2. The molecular weight excluding hydrogens is 260 g/mol. The number of pyridine rings is 1. The molecule has 0 N–H and O–H groups in total. The molecule has 1 heterocycles. The van der Waals surface area contributed by atoms with Crippen molar-refractivity contribution in [3.63, 3.8) is 0 Å². The van der Waals surface area contributed by atoms with E-state index in [1.54, 1.807) is 12.1 Å². The molecule has 9 nitrogen and oxygen atoms in total. The lowest BCUT2D eigenvalue weighted by Crippen LogP contribution is -2.37. The molecule has 1 aromatic rings. The highest BCUT2D eigenvalue weighted by molar-refractivity contribution is 5.97. The Labute approximate surface area is 112 Å². The molecule has 0 saturated heterocycles. The molecule has 0 aliphatic carbocycles. The number of hydrogen-bond acceptors (Lipinski definition) is 8. The third-order valence-electron chi connectivity index (χ3n) is 2.08. The fourth-order valence-electron chi connectivity index (χ4n) is 1.24. The largest absolute Gasteiger partial charge is 0.289 e. The van der Waals surface area contributed by atoms with Crippen molar-refractivity contribution in [1.29, 1.82) is 26.3 Å². The van der Waals surface area contributed by atoms with Gasteiger partial charge in [-0.25, -0.2) is 4.98 Å². The molecule has 0 unspecified atom stereocenters. The van der Waals surface area contributed by atoms with Crippen LogP contribution in [-0.4, -0.2) is 20.9 Å². The summed E-state index contributed by atoms with van der Waals surface area (Å²) < 4.78 is 0. The molecule has 0 aromatic carbocycles. The van der Waals surface area contributed by atoms with Crippen molar-refractivity contribution in [2.24, 2.45) is 0 Å². The van der Waals surface area contributed by atoms with Crippen molar-refractivity contribution in [1.82, 2.24) is 15.0 Å². The van der Waals surface area contributed by atoms with Crippen LogP contribution < -0.4 is 0 Å². The lowest BCUT2D eigenvalue weighted by molar-refractivity contribution is 0.0631. The molecule has 0 saturated carbocycles. The number of rotatable bonds is 2. The van der Waals surface area contributed by atoms with Crippen LogP contribution >= 0.6 is 0 Å². The van der Waals surface area contributed by atoms with Crippen molar-refractivity contribution >= 4 is 5.91 Å². The predicted octanol–water partition coefficient (Wildman–Crippen LogP) is -0.0726. The number of hydrogen-bond donors (Lipinski definition) is 0. The summed E-state index contributed by atoms with van der Waals surface area (Å²) in [4.78, 5) is 15.7. The molecule has 0 fully saturated rings. The third-order valence-corrected chi connectivity index (χ3v) is 2.08. The quantitative estimate of drug-likeness (QED) is 0.407. The molecule has 20 heavy (non-hydrogen) atoms. The van der Waals surface area contributed by atoms with E-state index in [-0.39, 0.29) is 26.8 Å². The standard InChI is InChI=1S/C11H2N8O/c12-3-9-8(1-2-17-10(9)4-13)11(20)19(7-16)18(5-14)6-15/h1-2H. The molecule has 1 rings (SSSR count). The monoisotopic (exact) mass is 262 g/mol. The molecule has 1 aromatic heterocycles. The van der Waals surface area contributed by atoms with Gasteiger partial charge in [0.1, 0.15) is 17.7 Å². The van der Waals surface area contributed by atoms with Gasteiger partial charge in [-0.3, -0.25) is 4.79 Å². The Morgan fingerprint density at radius 3 is 2.15 bits per heavy atom. The van der Waals surface area contributed by atoms with Gasteiger partial charge in [0.25, 0.3) is 5.91 Å². The second-order valence-corrected chi connectivity index (χ2v) is 3.03. The number of hydrazine groups is 1. The van der Waals surface area contributed by atoms with Gasteiger partial charge in [-0.2, -0.15) is 26.3 Å². The molecule has 0 bridgehead atoms. The molecule has 0 radical (unpaired) electrons. The Hall–Kier alpha value is -4.13. The zero-order chi connectivity index (χ0) is 15.1. The summed E-state index contributed by atoms with van der Waals surface area (Å²) in [6.45, 7) is 0. The van der Waals surface area contributed by atoms with Crippen LogP contribution in [0.4, 0.5) is 0 Å². The van der Waals surface area contributed by atoms with Crippen molar-refractivity contribution in [2.75, 3.05) is 0 Å². The van der Waals surface area contributed by atoms with Gasteiger partial charge >= 0.3 is 0 Å². The molecule has 1 amide bonds. The Morgan fingerprint density at radius 1 is 1.05 bits per heavy atom. The summed E-state index contributed by atoms with van der Waals surface area (Å²) in [7, 11) is 0. The lowest BCUT2D eigenvalue weighted by Gasteiger charge is -2.16. The van der Waals surface area contributed by atoms with Crippen molar-refractivity contribution < 1.29 is 4.79 Å². The highest BCUT2D eigenvalue weighted by Gasteiger charge is 2.26. The number of carbonyl (C=O) groups excluding carboxylic acids is 1. The summed E-state index contributed by atoms with van der Waals surface area (Å²) in [6.07, 6.45) is 5.07. The maximum absolute atomic E-state index is 12.1. The topological polar surface area (TPSA) is 155 Å². The molecule has 0 atom stereocenters. The highest BCUT2D eigenvalue weighted by Crippen LogP contribution is 2.14. The predicted molar refractivity (Wildman–Crippen MR) is 58.5 cm³/mol. The average molecular weight is 262 g/mol. The second-order valence-electron chi connectivity index (χ2n) is 3.03. The first kappa shape index (κ1) is 13.9. The van der Waals surface area contributed by atoms with Crippen LogP contribution in [0.5, 0.6) is 0 Å². The van der Waals surface area contributed by atoms with Crippen LogP contribution in [0, 0.1) is 57.0 Å². The van der Waals surface area contributed by atoms with Gasteiger partial charge < -0.3 is 0 Å². The van der Waals surface area contributed by atoms with E-state index in [2.05, 4.69) is 4.98 Å². The van der Waals surface area contributed by atoms with Crippen LogP contribution in [0.25, 0.3) is 0 Å². The molecule has 0 spiro atoms. The summed E-state index contributed by atoms with van der Waals surface area (Å²) in [5.74, 6) is -1.09. The van der Waals surface area contributed by atoms with Crippen molar-refractivity contribution in [3.8, 4) is 30.7 Å². The smallest absolute Gasteiger partial charge is 0.266 e. The Kier molecular flexibility index (Phi) is 4.17.